The molecule has 1 fully saturated rings. The summed E-state index contributed by atoms with van der Waals surface area (Å²) in [5.74, 6) is 2.41. The van der Waals surface area contributed by atoms with Gasteiger partial charge >= 0.3 is 0 Å². The molecule has 3 heterocycles. The first-order valence-corrected chi connectivity index (χ1v) is 9.48. The van der Waals surface area contributed by atoms with Crippen molar-refractivity contribution in [3.63, 3.8) is 0 Å². The fraction of sp³-hybridized carbons (Fsp3) is 0.688. The van der Waals surface area contributed by atoms with Crippen molar-refractivity contribution < 1.29 is 9.84 Å². The molecule has 24 heavy (non-hydrogen) atoms. The van der Waals surface area contributed by atoms with Crippen LogP contribution in [0.25, 0.3) is 0 Å². The highest BCUT2D eigenvalue weighted by Crippen LogP contribution is 2.38. The number of aromatic nitrogens is 4. The van der Waals surface area contributed by atoms with Gasteiger partial charge in [-0.2, -0.15) is 0 Å². The third-order valence-corrected chi connectivity index (χ3v) is 5.85. The van der Waals surface area contributed by atoms with Crippen LogP contribution in [0.5, 0.6) is 0 Å². The molecule has 1 aliphatic heterocycles. The van der Waals surface area contributed by atoms with Gasteiger partial charge in [0, 0.05) is 30.3 Å². The summed E-state index contributed by atoms with van der Waals surface area (Å²) >= 11 is 1.63. The average molecular weight is 349 g/mol. The first-order valence-electron chi connectivity index (χ1n) is 8.60. The van der Waals surface area contributed by atoms with E-state index in [9.17, 15) is 5.11 Å². The fourth-order valence-corrected chi connectivity index (χ4v) is 4.43. The van der Waals surface area contributed by atoms with Gasteiger partial charge in [0.1, 0.15) is 12.4 Å². The molecular formula is C16H23N5O2S. The van der Waals surface area contributed by atoms with Crippen molar-refractivity contribution in [2.45, 2.75) is 51.4 Å². The quantitative estimate of drug-likeness (QED) is 0.856. The van der Waals surface area contributed by atoms with Gasteiger partial charge in [-0.15, -0.1) is 21.5 Å². The zero-order valence-electron chi connectivity index (χ0n) is 13.8. The predicted octanol–water partition coefficient (Wildman–Crippen LogP) is 1.79. The maximum Gasteiger partial charge on any atom is 0.182 e. The molecule has 0 unspecified atom stereocenters. The summed E-state index contributed by atoms with van der Waals surface area (Å²) in [7, 11) is 0. The van der Waals surface area contributed by atoms with Gasteiger partial charge in [0.05, 0.1) is 18.4 Å². The van der Waals surface area contributed by atoms with E-state index in [4.69, 9.17) is 4.74 Å². The normalized spacial score (nSPS) is 26.5. The Morgan fingerprint density at radius 3 is 3.17 bits per heavy atom. The number of hydrogen-bond donors (Lipinski definition) is 2. The minimum atomic E-state index is -0.305. The zero-order valence-corrected chi connectivity index (χ0v) is 14.6. The monoisotopic (exact) mass is 349 g/mol. The van der Waals surface area contributed by atoms with Crippen LogP contribution in [0.3, 0.4) is 0 Å². The largest absolute Gasteiger partial charge is 0.393 e. The number of ether oxygens (including phenoxy) is 1. The van der Waals surface area contributed by atoms with E-state index in [-0.39, 0.29) is 17.9 Å². The summed E-state index contributed by atoms with van der Waals surface area (Å²) in [4.78, 5) is 4.53. The van der Waals surface area contributed by atoms with E-state index in [0.717, 1.165) is 54.8 Å². The number of aryl methyl sites for hydroxylation is 1. The van der Waals surface area contributed by atoms with Crippen molar-refractivity contribution in [3.05, 3.63) is 22.7 Å². The second kappa shape index (κ2) is 6.78. The van der Waals surface area contributed by atoms with Crippen LogP contribution in [0.1, 0.15) is 43.0 Å². The Kier molecular flexibility index (Phi) is 4.51. The minimum Gasteiger partial charge on any atom is -0.393 e. The lowest BCUT2D eigenvalue weighted by molar-refractivity contribution is 0.0801. The van der Waals surface area contributed by atoms with Crippen LogP contribution < -0.4 is 5.32 Å². The van der Waals surface area contributed by atoms with Crippen molar-refractivity contribution >= 4 is 16.5 Å². The van der Waals surface area contributed by atoms with E-state index in [1.807, 2.05) is 0 Å². The van der Waals surface area contributed by atoms with Gasteiger partial charge in [-0.05, 0) is 19.3 Å². The molecule has 0 amide bonds. The van der Waals surface area contributed by atoms with Crippen LogP contribution in [-0.2, 0) is 24.3 Å². The van der Waals surface area contributed by atoms with Gasteiger partial charge in [0.2, 0.25) is 0 Å². The van der Waals surface area contributed by atoms with E-state index >= 15 is 0 Å². The molecule has 130 valence electrons. The van der Waals surface area contributed by atoms with Crippen LogP contribution in [0, 0.1) is 5.92 Å². The van der Waals surface area contributed by atoms with Gasteiger partial charge < -0.3 is 19.7 Å². The van der Waals surface area contributed by atoms with Crippen molar-refractivity contribution in [2.24, 2.45) is 5.92 Å². The maximum atomic E-state index is 10.5. The van der Waals surface area contributed by atoms with E-state index in [1.165, 1.54) is 0 Å². The molecular weight excluding hydrogens is 326 g/mol. The van der Waals surface area contributed by atoms with Crippen LogP contribution in [-0.4, -0.2) is 44.1 Å². The maximum absolute atomic E-state index is 10.5. The fourth-order valence-electron chi connectivity index (χ4n) is 3.62. The van der Waals surface area contributed by atoms with Gasteiger partial charge in [0.15, 0.2) is 11.0 Å². The minimum absolute atomic E-state index is 0.219. The number of hydrogen-bond acceptors (Lipinski definition) is 7. The number of rotatable bonds is 5. The van der Waals surface area contributed by atoms with E-state index in [0.29, 0.717) is 13.2 Å². The van der Waals surface area contributed by atoms with Crippen molar-refractivity contribution in [1.29, 1.82) is 0 Å². The van der Waals surface area contributed by atoms with E-state index in [1.54, 1.807) is 11.3 Å². The van der Waals surface area contributed by atoms with Crippen molar-refractivity contribution in [1.82, 2.24) is 19.7 Å². The molecule has 1 aliphatic carbocycles. The topological polar surface area (TPSA) is 85.1 Å². The molecule has 2 aliphatic rings. The van der Waals surface area contributed by atoms with Crippen LogP contribution >= 0.6 is 11.3 Å². The molecule has 8 heteroatoms. The summed E-state index contributed by atoms with van der Waals surface area (Å²) in [6.45, 7) is 4.91. The zero-order chi connectivity index (χ0) is 16.5. The van der Waals surface area contributed by atoms with E-state index in [2.05, 4.69) is 37.4 Å². The highest BCUT2D eigenvalue weighted by molar-refractivity contribution is 7.13. The first-order chi connectivity index (χ1) is 11.7. The number of nitrogens with zero attached hydrogens (tertiary/aromatic N) is 4. The molecule has 7 nitrogen and oxygen atoms in total. The lowest BCUT2D eigenvalue weighted by atomic mass is 10.0. The van der Waals surface area contributed by atoms with Crippen molar-refractivity contribution in [2.75, 3.05) is 18.5 Å². The molecule has 3 atom stereocenters. The highest BCUT2D eigenvalue weighted by Gasteiger charge is 2.37. The third-order valence-electron chi connectivity index (χ3n) is 5.00. The summed E-state index contributed by atoms with van der Waals surface area (Å²) in [5, 5.41) is 25.5. The average Bonchev–Trinajstić information content (AvgIpc) is 3.30. The number of thiazole rings is 1. The Labute approximate surface area is 145 Å². The van der Waals surface area contributed by atoms with E-state index < -0.39 is 0 Å². The summed E-state index contributed by atoms with van der Waals surface area (Å²) in [5.41, 5.74) is 1.12. The molecule has 0 aromatic carbocycles. The number of aliphatic hydroxyl groups is 1. The molecule has 2 aromatic heterocycles. The molecule has 0 bridgehead atoms. The standard InChI is InChI=1S/C16H23N5O2S/c1-2-12-9-24-16(18-12)17-7-11-5-10(6-13(11)22)15-20-19-14-8-23-4-3-21(14)15/h9-11,13,22H,2-8H2,1H3,(H,17,18)/t10-,11+,13+/m1/s1. The van der Waals surface area contributed by atoms with Crippen LogP contribution in [0.2, 0.25) is 0 Å². The summed E-state index contributed by atoms with van der Waals surface area (Å²) in [6, 6.07) is 0. The Hall–Kier alpha value is -1.51. The second-order valence-electron chi connectivity index (χ2n) is 6.55. The predicted molar refractivity (Wildman–Crippen MR) is 91.1 cm³/mol. The molecule has 0 radical (unpaired) electrons. The number of nitrogens with one attached hydrogen (secondary N) is 1. The first kappa shape index (κ1) is 16.0. The highest BCUT2D eigenvalue weighted by atomic mass is 32.1. The second-order valence-corrected chi connectivity index (χ2v) is 7.41. The lowest BCUT2D eigenvalue weighted by Crippen LogP contribution is -2.21. The molecule has 4 rings (SSSR count). The van der Waals surface area contributed by atoms with Crippen LogP contribution in [0.15, 0.2) is 5.38 Å². The summed E-state index contributed by atoms with van der Waals surface area (Å²) < 4.78 is 7.60. The molecule has 2 N–H and O–H groups in total. The number of fused-ring (bicyclic) bond motifs is 1. The molecule has 2 aromatic rings. The SMILES string of the molecule is CCc1csc(NC[C@@H]2C[C@@H](c3nnc4n3CCOC4)C[C@@H]2O)n1. The van der Waals surface area contributed by atoms with Gasteiger partial charge in [-0.1, -0.05) is 6.92 Å². The Balaban J connectivity index is 1.39. The molecule has 0 spiro atoms. The number of aliphatic hydroxyl groups excluding tert-OH is 1. The smallest absolute Gasteiger partial charge is 0.182 e. The van der Waals surface area contributed by atoms with Gasteiger partial charge in [0.25, 0.3) is 0 Å². The molecule has 0 saturated heterocycles. The number of anilines is 1. The summed E-state index contributed by atoms with van der Waals surface area (Å²) in [6.07, 6.45) is 2.33. The van der Waals surface area contributed by atoms with Crippen molar-refractivity contribution in [3.8, 4) is 0 Å². The van der Waals surface area contributed by atoms with Crippen LogP contribution in [0.4, 0.5) is 5.13 Å². The Morgan fingerprint density at radius 1 is 1.42 bits per heavy atom. The Morgan fingerprint density at radius 2 is 2.33 bits per heavy atom. The van der Waals surface area contributed by atoms with Gasteiger partial charge in [-0.25, -0.2) is 4.98 Å². The molecule has 1 saturated carbocycles. The van der Waals surface area contributed by atoms with Gasteiger partial charge in [-0.3, -0.25) is 0 Å². The Bertz CT molecular complexity index is 700. The lowest BCUT2D eigenvalue weighted by Gasteiger charge is -2.18. The third kappa shape index (κ3) is 3.05.